The molecular weight excluding hydrogens is 244 g/mol. The smallest absolute Gasteiger partial charge is 0.326 e. The van der Waals surface area contributed by atoms with E-state index in [1.807, 2.05) is 13.8 Å². The number of carboxylic acids is 1. The Balaban J connectivity index is 2.39. The number of carboxylic acid groups (broad SMARTS) is 1. The number of rotatable bonds is 7. The molecule has 19 heavy (non-hydrogen) atoms. The van der Waals surface area contributed by atoms with Crippen molar-refractivity contribution in [3.8, 4) is 0 Å². The van der Waals surface area contributed by atoms with E-state index in [4.69, 9.17) is 5.11 Å². The van der Waals surface area contributed by atoms with E-state index in [2.05, 4.69) is 24.5 Å². The Bertz CT molecular complexity index is 336. The Kier molecular flexibility index (Phi) is 5.20. The summed E-state index contributed by atoms with van der Waals surface area (Å²) >= 11 is 0. The van der Waals surface area contributed by atoms with Gasteiger partial charge in [0.05, 0.1) is 0 Å². The first-order chi connectivity index (χ1) is 8.77. The van der Waals surface area contributed by atoms with E-state index < -0.39 is 12.0 Å². The third kappa shape index (κ3) is 4.73. The summed E-state index contributed by atoms with van der Waals surface area (Å²) in [6.45, 7) is 8.82. The monoisotopic (exact) mass is 270 g/mol. The quantitative estimate of drug-likeness (QED) is 0.663. The maximum Gasteiger partial charge on any atom is 0.326 e. The van der Waals surface area contributed by atoms with Crippen molar-refractivity contribution in [2.45, 2.75) is 53.0 Å². The van der Waals surface area contributed by atoms with Gasteiger partial charge in [-0.2, -0.15) is 0 Å². The van der Waals surface area contributed by atoms with Crippen LogP contribution < -0.4 is 10.6 Å². The molecule has 0 aromatic rings. The highest BCUT2D eigenvalue weighted by molar-refractivity contribution is 5.82. The van der Waals surface area contributed by atoms with E-state index in [0.717, 1.165) is 12.8 Å². The fraction of sp³-hybridized carbons (Fsp3) is 0.857. The van der Waals surface area contributed by atoms with Gasteiger partial charge in [0.1, 0.15) is 6.04 Å². The average Bonchev–Trinajstić information content (AvgIpc) is 3.05. The lowest BCUT2D eigenvalue weighted by molar-refractivity contribution is -0.139. The first-order valence-corrected chi connectivity index (χ1v) is 7.04. The molecule has 5 nitrogen and oxygen atoms in total. The van der Waals surface area contributed by atoms with E-state index in [1.54, 1.807) is 0 Å². The molecule has 1 rings (SSSR count). The number of nitrogens with one attached hydrogen (secondary N) is 2. The van der Waals surface area contributed by atoms with E-state index in [1.165, 1.54) is 0 Å². The minimum atomic E-state index is -0.978. The SMILES string of the molecule is CC(C)C[C@@H](NC(=O)NCC1(C(C)C)CC1)C(=O)O. The van der Waals surface area contributed by atoms with Crippen molar-refractivity contribution in [3.05, 3.63) is 0 Å². The summed E-state index contributed by atoms with van der Waals surface area (Å²) in [5.41, 5.74) is 0.230. The normalized spacial score (nSPS) is 18.2. The molecule has 5 heteroatoms. The number of hydrogen-bond acceptors (Lipinski definition) is 2. The summed E-state index contributed by atoms with van der Waals surface area (Å²) in [5.74, 6) is -0.209. The number of amides is 2. The van der Waals surface area contributed by atoms with Crippen LogP contribution in [-0.2, 0) is 4.79 Å². The highest BCUT2D eigenvalue weighted by Crippen LogP contribution is 2.51. The summed E-state index contributed by atoms with van der Waals surface area (Å²) in [5, 5.41) is 14.4. The molecule has 2 amide bonds. The van der Waals surface area contributed by atoms with Crippen LogP contribution in [0.5, 0.6) is 0 Å². The largest absolute Gasteiger partial charge is 0.480 e. The molecule has 1 aliphatic carbocycles. The second-order valence-electron chi connectivity index (χ2n) is 6.36. The standard InChI is InChI=1S/C14H26N2O3/c1-9(2)7-11(12(17)18)16-13(19)15-8-14(5-6-14)10(3)4/h9-11H,5-8H2,1-4H3,(H,17,18)(H2,15,16,19)/t11-/m1/s1. The van der Waals surface area contributed by atoms with Crippen molar-refractivity contribution in [3.63, 3.8) is 0 Å². The van der Waals surface area contributed by atoms with Crippen LogP contribution in [0.25, 0.3) is 0 Å². The van der Waals surface area contributed by atoms with E-state index >= 15 is 0 Å². The molecule has 0 unspecified atom stereocenters. The summed E-state index contributed by atoms with van der Waals surface area (Å²) in [6, 6.07) is -1.19. The fourth-order valence-electron chi connectivity index (χ4n) is 2.28. The minimum Gasteiger partial charge on any atom is -0.480 e. The second-order valence-corrected chi connectivity index (χ2v) is 6.36. The Hall–Kier alpha value is -1.26. The third-order valence-corrected chi connectivity index (χ3v) is 4.03. The van der Waals surface area contributed by atoms with Crippen molar-refractivity contribution in [1.29, 1.82) is 0 Å². The van der Waals surface area contributed by atoms with E-state index in [-0.39, 0.29) is 17.4 Å². The second kappa shape index (κ2) is 6.26. The predicted octanol–water partition coefficient (Wildman–Crippen LogP) is 2.22. The van der Waals surface area contributed by atoms with Crippen LogP contribution in [0.3, 0.4) is 0 Å². The number of carbonyl (C=O) groups is 2. The van der Waals surface area contributed by atoms with Gasteiger partial charge in [0.2, 0.25) is 0 Å². The Morgan fingerprint density at radius 2 is 1.79 bits per heavy atom. The van der Waals surface area contributed by atoms with Crippen LogP contribution in [0, 0.1) is 17.3 Å². The third-order valence-electron chi connectivity index (χ3n) is 4.03. The van der Waals surface area contributed by atoms with E-state index in [0.29, 0.717) is 18.9 Å². The summed E-state index contributed by atoms with van der Waals surface area (Å²) < 4.78 is 0. The van der Waals surface area contributed by atoms with Gasteiger partial charge in [-0.25, -0.2) is 9.59 Å². The van der Waals surface area contributed by atoms with Gasteiger partial charge in [-0.1, -0.05) is 27.7 Å². The van der Waals surface area contributed by atoms with E-state index in [9.17, 15) is 9.59 Å². The Morgan fingerprint density at radius 3 is 2.16 bits per heavy atom. The Labute approximate surface area is 115 Å². The lowest BCUT2D eigenvalue weighted by Gasteiger charge is -2.22. The van der Waals surface area contributed by atoms with Crippen LogP contribution in [0.4, 0.5) is 4.79 Å². The molecule has 1 atom stereocenters. The molecule has 1 aliphatic rings. The number of hydrogen-bond donors (Lipinski definition) is 3. The molecule has 0 heterocycles. The van der Waals surface area contributed by atoms with Gasteiger partial charge in [0, 0.05) is 6.54 Å². The van der Waals surface area contributed by atoms with Crippen molar-refractivity contribution >= 4 is 12.0 Å². The first-order valence-electron chi connectivity index (χ1n) is 7.04. The van der Waals surface area contributed by atoms with Gasteiger partial charge >= 0.3 is 12.0 Å². The fourth-order valence-corrected chi connectivity index (χ4v) is 2.28. The summed E-state index contributed by atoms with van der Waals surface area (Å²) in [7, 11) is 0. The van der Waals surface area contributed by atoms with Crippen molar-refractivity contribution in [1.82, 2.24) is 10.6 Å². The molecule has 110 valence electrons. The van der Waals surface area contributed by atoms with Gasteiger partial charge < -0.3 is 15.7 Å². The molecule has 0 aliphatic heterocycles. The highest BCUT2D eigenvalue weighted by Gasteiger charge is 2.45. The highest BCUT2D eigenvalue weighted by atomic mass is 16.4. The van der Waals surface area contributed by atoms with Crippen LogP contribution in [0.1, 0.15) is 47.0 Å². The number of carbonyl (C=O) groups excluding carboxylic acids is 1. The predicted molar refractivity (Wildman–Crippen MR) is 73.9 cm³/mol. The lowest BCUT2D eigenvalue weighted by Crippen LogP contribution is -2.48. The zero-order chi connectivity index (χ0) is 14.6. The minimum absolute atomic E-state index is 0.229. The number of urea groups is 1. The molecule has 0 radical (unpaired) electrons. The zero-order valence-corrected chi connectivity index (χ0v) is 12.3. The average molecular weight is 270 g/mol. The van der Waals surface area contributed by atoms with Crippen LogP contribution in [-0.4, -0.2) is 29.7 Å². The molecule has 1 saturated carbocycles. The molecular formula is C14H26N2O3. The molecule has 3 N–H and O–H groups in total. The van der Waals surface area contributed by atoms with Gasteiger partial charge in [-0.05, 0) is 36.5 Å². The molecule has 0 bridgehead atoms. The molecule has 0 aromatic carbocycles. The maximum atomic E-state index is 11.8. The lowest BCUT2D eigenvalue weighted by atomic mass is 9.92. The van der Waals surface area contributed by atoms with Crippen molar-refractivity contribution in [2.75, 3.05) is 6.54 Å². The molecule has 0 aromatic heterocycles. The summed E-state index contributed by atoms with van der Waals surface area (Å²) in [4.78, 5) is 22.8. The van der Waals surface area contributed by atoms with Crippen LogP contribution in [0.15, 0.2) is 0 Å². The van der Waals surface area contributed by atoms with Crippen LogP contribution >= 0.6 is 0 Å². The van der Waals surface area contributed by atoms with Gasteiger partial charge in [0.15, 0.2) is 0 Å². The van der Waals surface area contributed by atoms with Crippen molar-refractivity contribution < 1.29 is 14.7 Å². The Morgan fingerprint density at radius 1 is 1.21 bits per heavy atom. The molecule has 0 saturated heterocycles. The topological polar surface area (TPSA) is 78.4 Å². The molecule has 1 fully saturated rings. The number of aliphatic carboxylic acids is 1. The van der Waals surface area contributed by atoms with Gasteiger partial charge in [0.25, 0.3) is 0 Å². The van der Waals surface area contributed by atoms with Gasteiger partial charge in [-0.15, -0.1) is 0 Å². The van der Waals surface area contributed by atoms with Crippen LogP contribution in [0.2, 0.25) is 0 Å². The van der Waals surface area contributed by atoms with Gasteiger partial charge in [-0.3, -0.25) is 0 Å². The summed E-state index contributed by atoms with van der Waals surface area (Å²) in [6.07, 6.45) is 2.72. The zero-order valence-electron chi connectivity index (χ0n) is 12.3. The molecule has 0 spiro atoms. The first kappa shape index (κ1) is 15.8. The van der Waals surface area contributed by atoms with Crippen molar-refractivity contribution in [2.24, 2.45) is 17.3 Å². The maximum absolute atomic E-state index is 11.8.